The topological polar surface area (TPSA) is 133 Å². The summed E-state index contributed by atoms with van der Waals surface area (Å²) in [6.07, 6.45) is 3.15. The van der Waals surface area contributed by atoms with Crippen LogP contribution in [0.1, 0.15) is 52.4 Å². The molecule has 12 heteroatoms. The van der Waals surface area contributed by atoms with Crippen molar-refractivity contribution in [2.75, 3.05) is 44.5 Å². The molecule has 45 heavy (non-hydrogen) atoms. The van der Waals surface area contributed by atoms with Crippen LogP contribution in [0.4, 0.5) is 4.79 Å². The van der Waals surface area contributed by atoms with Crippen molar-refractivity contribution in [1.29, 1.82) is 0 Å². The summed E-state index contributed by atoms with van der Waals surface area (Å²) in [6, 6.07) is 13.5. The number of carbonyl (C=O) groups excluding carboxylic acids is 4. The van der Waals surface area contributed by atoms with Gasteiger partial charge in [-0.15, -0.1) is 0 Å². The molecular weight excluding hydrogens is 604 g/mol. The number of hydrogen-bond acceptors (Lipinski definition) is 12. The van der Waals surface area contributed by atoms with Gasteiger partial charge in [0.2, 0.25) is 0 Å². The van der Waals surface area contributed by atoms with Crippen LogP contribution < -0.4 is 18.9 Å². The molecule has 1 fully saturated rings. The Morgan fingerprint density at radius 1 is 0.622 bits per heavy atom. The molecule has 0 unspecified atom stereocenters. The number of hydrogen-bond donors (Lipinski definition) is 0. The largest absolute Gasteiger partial charge is 0.508 e. The van der Waals surface area contributed by atoms with Gasteiger partial charge in [0.15, 0.2) is 0 Å². The molecule has 0 heterocycles. The van der Waals surface area contributed by atoms with Crippen molar-refractivity contribution in [2.45, 2.75) is 52.4 Å². The first-order valence-corrected chi connectivity index (χ1v) is 16.4. The smallest absolute Gasteiger partial charge is 0.493 e. The molecule has 0 aromatic heterocycles. The van der Waals surface area contributed by atoms with Crippen LogP contribution in [0, 0.1) is 11.8 Å². The summed E-state index contributed by atoms with van der Waals surface area (Å²) in [5.41, 5.74) is 0. The van der Waals surface area contributed by atoms with Gasteiger partial charge in [0.1, 0.15) is 42.8 Å². The van der Waals surface area contributed by atoms with E-state index in [0.29, 0.717) is 74.3 Å². The second-order valence-electron chi connectivity index (χ2n) is 10.3. The average molecular weight is 647 g/mol. The molecule has 1 saturated carbocycles. The van der Waals surface area contributed by atoms with Crippen molar-refractivity contribution in [3.8, 4) is 23.0 Å². The molecule has 1 aliphatic carbocycles. The third-order valence-corrected chi connectivity index (χ3v) is 7.71. The minimum absolute atomic E-state index is 0.0571. The number of benzene rings is 2. The maximum absolute atomic E-state index is 12.7. The molecule has 3 rings (SSSR count). The van der Waals surface area contributed by atoms with Gasteiger partial charge in [0, 0.05) is 18.4 Å². The van der Waals surface area contributed by atoms with E-state index in [1.165, 1.54) is 6.92 Å². The molecule has 1 aliphatic rings. The Hall–Kier alpha value is -3.93. The van der Waals surface area contributed by atoms with Gasteiger partial charge in [0.25, 0.3) is 0 Å². The van der Waals surface area contributed by atoms with E-state index in [4.69, 9.17) is 33.2 Å². The van der Waals surface area contributed by atoms with Gasteiger partial charge in [0.05, 0.1) is 25.0 Å². The Bertz CT molecular complexity index is 1190. The highest BCUT2D eigenvalue weighted by atomic mass is 32.2. The number of rotatable bonds is 18. The van der Waals surface area contributed by atoms with Crippen molar-refractivity contribution in [1.82, 2.24) is 0 Å². The molecule has 2 aromatic carbocycles. The summed E-state index contributed by atoms with van der Waals surface area (Å²) in [7, 11) is 0. The minimum atomic E-state index is -0.713. The highest BCUT2D eigenvalue weighted by Gasteiger charge is 2.32. The van der Waals surface area contributed by atoms with Crippen LogP contribution in [0.25, 0.3) is 0 Å². The summed E-state index contributed by atoms with van der Waals surface area (Å²) >= 11 is 1.63. The zero-order chi connectivity index (χ0) is 32.3. The van der Waals surface area contributed by atoms with Crippen molar-refractivity contribution in [2.24, 2.45) is 11.8 Å². The van der Waals surface area contributed by atoms with E-state index in [2.05, 4.69) is 0 Å². The molecule has 0 atom stereocenters. The Balaban J connectivity index is 1.29. The Morgan fingerprint density at radius 3 is 1.60 bits per heavy atom. The molecule has 246 valence electrons. The second kappa shape index (κ2) is 20.2. The summed E-state index contributed by atoms with van der Waals surface area (Å²) in [5.74, 6) is 2.02. The number of carbonyl (C=O) groups is 4. The third kappa shape index (κ3) is 14.1. The third-order valence-electron chi connectivity index (χ3n) is 6.80. The van der Waals surface area contributed by atoms with Crippen LogP contribution in [0.5, 0.6) is 23.0 Å². The second-order valence-corrected chi connectivity index (χ2v) is 11.5. The van der Waals surface area contributed by atoms with Crippen molar-refractivity contribution in [3.05, 3.63) is 48.5 Å². The van der Waals surface area contributed by atoms with E-state index in [1.54, 1.807) is 60.3 Å². The van der Waals surface area contributed by atoms with Gasteiger partial charge in [-0.3, -0.25) is 14.4 Å². The fourth-order valence-electron chi connectivity index (χ4n) is 4.36. The lowest BCUT2D eigenvalue weighted by Crippen LogP contribution is -2.30. The van der Waals surface area contributed by atoms with Gasteiger partial charge in [-0.2, -0.15) is 11.8 Å². The van der Waals surface area contributed by atoms with Crippen LogP contribution in [0.15, 0.2) is 48.5 Å². The van der Waals surface area contributed by atoms with Gasteiger partial charge < -0.3 is 33.2 Å². The Kier molecular flexibility index (Phi) is 15.9. The first-order valence-electron chi connectivity index (χ1n) is 15.2. The molecule has 0 radical (unpaired) electrons. The highest BCUT2D eigenvalue weighted by Crippen LogP contribution is 2.32. The van der Waals surface area contributed by atoms with Gasteiger partial charge >= 0.3 is 24.1 Å². The molecule has 0 bridgehead atoms. The monoisotopic (exact) mass is 646 g/mol. The van der Waals surface area contributed by atoms with Crippen molar-refractivity contribution < 1.29 is 52.3 Å². The van der Waals surface area contributed by atoms with Gasteiger partial charge in [-0.05, 0) is 80.6 Å². The fourth-order valence-corrected chi connectivity index (χ4v) is 4.97. The van der Waals surface area contributed by atoms with Crippen molar-refractivity contribution in [3.63, 3.8) is 0 Å². The number of thioether (sulfide) groups is 1. The minimum Gasteiger partial charge on any atom is -0.493 e. The first-order chi connectivity index (χ1) is 21.8. The molecule has 2 aromatic rings. The predicted octanol–water partition coefficient (Wildman–Crippen LogP) is 6.01. The number of ether oxygens (including phenoxy) is 7. The van der Waals surface area contributed by atoms with Crippen molar-refractivity contribution >= 4 is 35.8 Å². The van der Waals surface area contributed by atoms with Crippen LogP contribution in [-0.4, -0.2) is 68.6 Å². The average Bonchev–Trinajstić information content (AvgIpc) is 3.04. The first kappa shape index (κ1) is 35.5. The number of esters is 3. The summed E-state index contributed by atoms with van der Waals surface area (Å²) in [4.78, 5) is 47.6. The van der Waals surface area contributed by atoms with Gasteiger partial charge in [-0.25, -0.2) is 4.79 Å². The lowest BCUT2D eigenvalue weighted by atomic mass is 9.82. The van der Waals surface area contributed by atoms with E-state index >= 15 is 0 Å². The molecule has 0 N–H and O–H groups in total. The quantitative estimate of drug-likeness (QED) is 0.107. The maximum Gasteiger partial charge on any atom is 0.508 e. The Morgan fingerprint density at radius 2 is 1.09 bits per heavy atom. The standard InChI is InChI=1S/C33H42O11S/c1-3-4-17-41-33(37)42-19-18-39-27-9-13-29(14-10-27)43-31(35)25-5-7-26(8-6-25)32(36)44-30-15-11-28(12-16-30)40-21-23-45-22-20-38-24(2)34/h9-16,25-26H,3-8,17-23H2,1-2H3/t25-,26-. The van der Waals surface area contributed by atoms with Crippen LogP contribution >= 0.6 is 11.8 Å². The van der Waals surface area contributed by atoms with Crippen LogP contribution in [0.3, 0.4) is 0 Å². The molecule has 0 spiro atoms. The van der Waals surface area contributed by atoms with E-state index in [-0.39, 0.29) is 43.0 Å². The zero-order valence-corrected chi connectivity index (χ0v) is 26.7. The van der Waals surface area contributed by atoms with Gasteiger partial charge in [-0.1, -0.05) is 13.3 Å². The zero-order valence-electron chi connectivity index (χ0n) is 25.9. The lowest BCUT2D eigenvalue weighted by molar-refractivity contribution is -0.145. The molecule has 0 aliphatic heterocycles. The van der Waals surface area contributed by atoms with E-state index in [1.807, 2.05) is 6.92 Å². The van der Waals surface area contributed by atoms with E-state index < -0.39 is 6.16 Å². The molecule has 0 saturated heterocycles. The van der Waals surface area contributed by atoms with Crippen LogP contribution in [0.2, 0.25) is 0 Å². The summed E-state index contributed by atoms with van der Waals surface area (Å²) in [6.45, 7) is 4.83. The van der Waals surface area contributed by atoms with E-state index in [9.17, 15) is 19.2 Å². The summed E-state index contributed by atoms with van der Waals surface area (Å²) in [5, 5.41) is 0. The molecule has 11 nitrogen and oxygen atoms in total. The SMILES string of the molecule is CCCCOC(=O)OCCOc1ccc(OC(=O)[C@H]2CC[C@H](C(=O)Oc3ccc(OCCSCCOC(C)=O)cc3)CC2)cc1. The van der Waals surface area contributed by atoms with E-state index in [0.717, 1.165) is 18.6 Å². The highest BCUT2D eigenvalue weighted by molar-refractivity contribution is 7.99. The normalized spacial score (nSPS) is 15.8. The predicted molar refractivity (Wildman–Crippen MR) is 167 cm³/mol. The lowest BCUT2D eigenvalue weighted by Gasteiger charge is -2.25. The maximum atomic E-state index is 12.7. The fraction of sp³-hybridized carbons (Fsp3) is 0.515. The molecular formula is C33H42O11S. The molecule has 0 amide bonds. The Labute approximate surface area is 268 Å². The van der Waals surface area contributed by atoms with Crippen LogP contribution in [-0.2, 0) is 28.6 Å². The number of unbranched alkanes of at least 4 members (excludes halogenated alkanes) is 1. The summed E-state index contributed by atoms with van der Waals surface area (Å²) < 4.78 is 37.1.